The lowest BCUT2D eigenvalue weighted by molar-refractivity contribution is 0.246. The third kappa shape index (κ3) is 1.20. The Hall–Kier alpha value is -0.0400. The monoisotopic (exact) mass is 153 g/mol. The SMILES string of the molecule is CCC1CCC2(CC1)CC2N. The molecule has 0 bridgehead atoms. The molecule has 0 amide bonds. The lowest BCUT2D eigenvalue weighted by atomic mass is 9.78. The molecule has 2 fully saturated rings. The fourth-order valence-electron chi connectivity index (χ4n) is 2.61. The molecule has 2 aliphatic carbocycles. The number of hydrogen-bond donors (Lipinski definition) is 1. The van der Waals surface area contributed by atoms with Gasteiger partial charge in [0, 0.05) is 6.04 Å². The van der Waals surface area contributed by atoms with Gasteiger partial charge in [-0.25, -0.2) is 0 Å². The molecule has 1 nitrogen and oxygen atoms in total. The standard InChI is InChI=1S/C10H19N/c1-2-8-3-5-10(6-4-8)7-9(10)11/h8-9H,2-7,11H2,1H3. The van der Waals surface area contributed by atoms with Gasteiger partial charge >= 0.3 is 0 Å². The second-order valence-electron chi connectivity index (χ2n) is 4.52. The highest BCUT2D eigenvalue weighted by atomic mass is 14.8. The molecule has 64 valence electrons. The lowest BCUT2D eigenvalue weighted by Gasteiger charge is -2.28. The van der Waals surface area contributed by atoms with Gasteiger partial charge < -0.3 is 5.73 Å². The first-order valence-electron chi connectivity index (χ1n) is 5.02. The Bertz CT molecular complexity index is 145. The van der Waals surface area contributed by atoms with Gasteiger partial charge in [-0.15, -0.1) is 0 Å². The van der Waals surface area contributed by atoms with Gasteiger partial charge in [-0.2, -0.15) is 0 Å². The van der Waals surface area contributed by atoms with Crippen molar-refractivity contribution >= 4 is 0 Å². The maximum absolute atomic E-state index is 5.92. The maximum Gasteiger partial charge on any atom is 0.0102 e. The van der Waals surface area contributed by atoms with E-state index in [0.717, 1.165) is 5.92 Å². The smallest absolute Gasteiger partial charge is 0.0102 e. The van der Waals surface area contributed by atoms with Crippen molar-refractivity contribution in [1.82, 2.24) is 0 Å². The maximum atomic E-state index is 5.92. The first-order valence-corrected chi connectivity index (χ1v) is 5.02. The summed E-state index contributed by atoms with van der Waals surface area (Å²) in [5.41, 5.74) is 6.56. The topological polar surface area (TPSA) is 26.0 Å². The third-order valence-electron chi connectivity index (χ3n) is 3.93. The molecule has 0 aromatic carbocycles. The molecule has 0 radical (unpaired) electrons. The van der Waals surface area contributed by atoms with Gasteiger partial charge in [0.1, 0.15) is 0 Å². The fourth-order valence-corrected chi connectivity index (χ4v) is 2.61. The average Bonchev–Trinajstić information content (AvgIpc) is 2.64. The van der Waals surface area contributed by atoms with Crippen molar-refractivity contribution in [2.24, 2.45) is 17.1 Å². The van der Waals surface area contributed by atoms with Crippen LogP contribution in [0.1, 0.15) is 45.4 Å². The van der Waals surface area contributed by atoms with Crippen molar-refractivity contribution in [3.63, 3.8) is 0 Å². The normalized spacial score (nSPS) is 49.6. The van der Waals surface area contributed by atoms with Crippen LogP contribution < -0.4 is 5.73 Å². The van der Waals surface area contributed by atoms with Crippen LogP contribution in [0.25, 0.3) is 0 Å². The molecule has 1 atom stereocenters. The van der Waals surface area contributed by atoms with Crippen molar-refractivity contribution in [1.29, 1.82) is 0 Å². The zero-order valence-electron chi connectivity index (χ0n) is 7.47. The summed E-state index contributed by atoms with van der Waals surface area (Å²) in [6.45, 7) is 2.31. The quantitative estimate of drug-likeness (QED) is 0.614. The van der Waals surface area contributed by atoms with E-state index >= 15 is 0 Å². The van der Waals surface area contributed by atoms with Crippen LogP contribution in [-0.2, 0) is 0 Å². The van der Waals surface area contributed by atoms with Gasteiger partial charge in [0.05, 0.1) is 0 Å². The van der Waals surface area contributed by atoms with Crippen molar-refractivity contribution in [3.8, 4) is 0 Å². The molecule has 11 heavy (non-hydrogen) atoms. The molecule has 0 aliphatic heterocycles. The van der Waals surface area contributed by atoms with Gasteiger partial charge in [0.15, 0.2) is 0 Å². The Morgan fingerprint density at radius 3 is 2.27 bits per heavy atom. The van der Waals surface area contributed by atoms with E-state index < -0.39 is 0 Å². The van der Waals surface area contributed by atoms with Crippen LogP contribution in [-0.4, -0.2) is 6.04 Å². The fraction of sp³-hybridized carbons (Fsp3) is 1.00. The Balaban J connectivity index is 1.86. The minimum absolute atomic E-state index is 0.570. The third-order valence-corrected chi connectivity index (χ3v) is 3.93. The summed E-state index contributed by atoms with van der Waals surface area (Å²) in [4.78, 5) is 0. The Morgan fingerprint density at radius 2 is 1.91 bits per heavy atom. The summed E-state index contributed by atoms with van der Waals surface area (Å²) < 4.78 is 0. The highest BCUT2D eigenvalue weighted by Crippen LogP contribution is 2.56. The molecule has 2 aliphatic rings. The lowest BCUT2D eigenvalue weighted by Crippen LogP contribution is -2.21. The van der Waals surface area contributed by atoms with Crippen molar-refractivity contribution in [2.75, 3.05) is 0 Å². The summed E-state index contributed by atoms with van der Waals surface area (Å²) in [5, 5.41) is 0. The van der Waals surface area contributed by atoms with Crippen LogP contribution in [0.3, 0.4) is 0 Å². The molecule has 0 saturated heterocycles. The summed E-state index contributed by atoms with van der Waals surface area (Å²) in [5.74, 6) is 1.02. The number of rotatable bonds is 1. The predicted molar refractivity (Wildman–Crippen MR) is 47.3 cm³/mol. The van der Waals surface area contributed by atoms with Crippen LogP contribution in [0.15, 0.2) is 0 Å². The molecular formula is C10H19N. The first kappa shape index (κ1) is 7.60. The largest absolute Gasteiger partial charge is 0.327 e. The van der Waals surface area contributed by atoms with E-state index in [1.807, 2.05) is 0 Å². The van der Waals surface area contributed by atoms with Crippen LogP contribution in [0.4, 0.5) is 0 Å². The Morgan fingerprint density at radius 1 is 1.36 bits per heavy atom. The van der Waals surface area contributed by atoms with Gasteiger partial charge in [-0.1, -0.05) is 13.3 Å². The van der Waals surface area contributed by atoms with Crippen LogP contribution in [0.2, 0.25) is 0 Å². The summed E-state index contributed by atoms with van der Waals surface area (Å²) in [6.07, 6.45) is 8.45. The molecule has 1 spiro atoms. The van der Waals surface area contributed by atoms with E-state index in [4.69, 9.17) is 5.73 Å². The molecule has 2 saturated carbocycles. The van der Waals surface area contributed by atoms with E-state index in [2.05, 4.69) is 6.92 Å². The zero-order chi connectivity index (χ0) is 7.90. The van der Waals surface area contributed by atoms with Gasteiger partial charge in [-0.3, -0.25) is 0 Å². The van der Waals surface area contributed by atoms with Crippen molar-refractivity contribution < 1.29 is 0 Å². The first-order chi connectivity index (χ1) is 5.27. The molecule has 0 aromatic rings. The molecular weight excluding hydrogens is 134 g/mol. The van der Waals surface area contributed by atoms with Crippen LogP contribution in [0.5, 0.6) is 0 Å². The summed E-state index contributed by atoms with van der Waals surface area (Å²) >= 11 is 0. The van der Waals surface area contributed by atoms with Crippen LogP contribution in [0, 0.1) is 11.3 Å². The van der Waals surface area contributed by atoms with Gasteiger partial charge in [-0.05, 0) is 43.4 Å². The molecule has 1 heteroatoms. The average molecular weight is 153 g/mol. The van der Waals surface area contributed by atoms with Crippen molar-refractivity contribution in [2.45, 2.75) is 51.5 Å². The van der Waals surface area contributed by atoms with E-state index in [9.17, 15) is 0 Å². The summed E-state index contributed by atoms with van der Waals surface area (Å²) in [7, 11) is 0. The van der Waals surface area contributed by atoms with E-state index in [-0.39, 0.29) is 0 Å². The van der Waals surface area contributed by atoms with E-state index in [1.54, 1.807) is 0 Å². The van der Waals surface area contributed by atoms with E-state index in [1.165, 1.54) is 38.5 Å². The number of hydrogen-bond acceptors (Lipinski definition) is 1. The zero-order valence-corrected chi connectivity index (χ0v) is 7.47. The second-order valence-corrected chi connectivity index (χ2v) is 4.52. The van der Waals surface area contributed by atoms with Gasteiger partial charge in [0.25, 0.3) is 0 Å². The Labute approximate surface area is 69.4 Å². The highest BCUT2D eigenvalue weighted by molar-refractivity contribution is 5.07. The van der Waals surface area contributed by atoms with Gasteiger partial charge in [0.2, 0.25) is 0 Å². The molecule has 0 aromatic heterocycles. The second kappa shape index (κ2) is 2.48. The minimum atomic E-state index is 0.570. The molecule has 1 unspecified atom stereocenters. The number of nitrogens with two attached hydrogens (primary N) is 1. The minimum Gasteiger partial charge on any atom is -0.327 e. The predicted octanol–water partition coefficient (Wildman–Crippen LogP) is 2.30. The highest BCUT2D eigenvalue weighted by Gasteiger charge is 2.52. The Kier molecular flexibility index (Phi) is 1.71. The van der Waals surface area contributed by atoms with E-state index in [0.29, 0.717) is 11.5 Å². The summed E-state index contributed by atoms with van der Waals surface area (Å²) in [6, 6.07) is 0.570. The van der Waals surface area contributed by atoms with Crippen molar-refractivity contribution in [3.05, 3.63) is 0 Å². The molecule has 0 heterocycles. The van der Waals surface area contributed by atoms with Crippen LogP contribution >= 0.6 is 0 Å². The molecule has 2 rings (SSSR count). The molecule has 2 N–H and O–H groups in total.